The van der Waals surface area contributed by atoms with E-state index in [0.717, 1.165) is 10.8 Å². The van der Waals surface area contributed by atoms with Gasteiger partial charge >= 0.3 is 0 Å². The van der Waals surface area contributed by atoms with Crippen molar-refractivity contribution in [2.45, 2.75) is 48.9 Å². The summed E-state index contributed by atoms with van der Waals surface area (Å²) in [6, 6.07) is 12.1. The molecule has 3 saturated heterocycles. The lowest BCUT2D eigenvalue weighted by Crippen LogP contribution is -2.60. The molecular weight excluding hydrogens is 586 g/mol. The van der Waals surface area contributed by atoms with Crippen LogP contribution in [0.25, 0.3) is 10.8 Å². The zero-order valence-corrected chi connectivity index (χ0v) is 25.4. The van der Waals surface area contributed by atoms with Crippen LogP contribution in [0.3, 0.4) is 0 Å². The van der Waals surface area contributed by atoms with Crippen LogP contribution in [0.2, 0.25) is 0 Å². The number of hydrogen-bond acceptors (Lipinski definition) is 5. The lowest BCUT2D eigenvalue weighted by Gasteiger charge is -2.40. The van der Waals surface area contributed by atoms with Gasteiger partial charge in [0.15, 0.2) is 0 Å². The molecule has 5 rings (SSSR count). The van der Waals surface area contributed by atoms with Crippen molar-refractivity contribution >= 4 is 50.1 Å². The van der Waals surface area contributed by atoms with Crippen LogP contribution in [-0.2, 0) is 19.1 Å². The minimum absolute atomic E-state index is 0.141. The molecule has 7 atom stereocenters. The molecule has 3 aliphatic rings. The molecule has 2 aromatic rings. The SMILES string of the molecule is C=CCN(C)C(=O)[C@H]1[C@@H]2OC3(CC2Br)C(C(=O)N(CC=C)c2ccc4ccccc4c2)N([C@@H](CO)C(C)C)C(=O)[C@H]13. The highest BCUT2D eigenvalue weighted by Gasteiger charge is 2.77. The molecule has 0 aliphatic carbocycles. The van der Waals surface area contributed by atoms with Crippen molar-refractivity contribution in [3.8, 4) is 0 Å². The fourth-order valence-corrected chi connectivity index (χ4v) is 8.03. The van der Waals surface area contributed by atoms with E-state index in [0.29, 0.717) is 18.7 Å². The van der Waals surface area contributed by atoms with Crippen LogP contribution >= 0.6 is 15.9 Å². The largest absolute Gasteiger partial charge is 0.394 e. The van der Waals surface area contributed by atoms with Crippen LogP contribution in [0, 0.1) is 17.8 Å². The number of ether oxygens (including phenoxy) is 1. The molecule has 3 unspecified atom stereocenters. The van der Waals surface area contributed by atoms with Gasteiger partial charge in [0.25, 0.3) is 5.91 Å². The number of aliphatic hydroxyl groups is 1. The van der Waals surface area contributed by atoms with E-state index in [1.54, 1.807) is 29.0 Å². The Labute approximate surface area is 249 Å². The number of hydrogen-bond donors (Lipinski definition) is 1. The van der Waals surface area contributed by atoms with E-state index in [-0.39, 0.29) is 41.6 Å². The molecule has 8 nitrogen and oxygen atoms in total. The van der Waals surface area contributed by atoms with Crippen molar-refractivity contribution in [1.82, 2.24) is 9.80 Å². The summed E-state index contributed by atoms with van der Waals surface area (Å²) < 4.78 is 6.66. The molecule has 9 heteroatoms. The summed E-state index contributed by atoms with van der Waals surface area (Å²) in [6.45, 7) is 11.7. The van der Waals surface area contributed by atoms with Crippen molar-refractivity contribution in [1.29, 1.82) is 0 Å². The maximum absolute atomic E-state index is 14.8. The molecule has 0 saturated carbocycles. The molecule has 0 aromatic heterocycles. The molecule has 41 heavy (non-hydrogen) atoms. The molecule has 2 bridgehead atoms. The fraction of sp³-hybridized carbons (Fsp3) is 0.469. The summed E-state index contributed by atoms with van der Waals surface area (Å²) in [5, 5.41) is 12.5. The van der Waals surface area contributed by atoms with E-state index in [9.17, 15) is 19.5 Å². The molecule has 3 amide bonds. The number of alkyl halides is 1. The Morgan fingerprint density at radius 1 is 1.15 bits per heavy atom. The first kappa shape index (κ1) is 29.5. The summed E-state index contributed by atoms with van der Waals surface area (Å²) in [5.41, 5.74) is -0.548. The van der Waals surface area contributed by atoms with Gasteiger partial charge in [0.05, 0.1) is 30.6 Å². The number of nitrogens with zero attached hydrogens (tertiary/aromatic N) is 3. The topological polar surface area (TPSA) is 90.4 Å². The number of anilines is 1. The molecule has 2 aromatic carbocycles. The van der Waals surface area contributed by atoms with Crippen molar-refractivity contribution < 1.29 is 24.2 Å². The van der Waals surface area contributed by atoms with Gasteiger partial charge in [-0.15, -0.1) is 13.2 Å². The van der Waals surface area contributed by atoms with Crippen LogP contribution < -0.4 is 4.90 Å². The van der Waals surface area contributed by atoms with Crippen LogP contribution in [0.15, 0.2) is 67.8 Å². The molecular formula is C32H38BrN3O5. The number of benzene rings is 2. The lowest BCUT2D eigenvalue weighted by molar-refractivity contribution is -0.147. The average Bonchev–Trinajstić information content (AvgIpc) is 3.54. The third-order valence-electron chi connectivity index (χ3n) is 8.96. The van der Waals surface area contributed by atoms with Gasteiger partial charge in [0, 0.05) is 30.7 Å². The molecule has 3 fully saturated rings. The molecule has 3 heterocycles. The highest BCUT2D eigenvalue weighted by Crippen LogP contribution is 2.61. The summed E-state index contributed by atoms with van der Waals surface area (Å²) >= 11 is 3.73. The quantitative estimate of drug-likeness (QED) is 0.321. The number of carbonyl (C=O) groups is 3. The van der Waals surface area contributed by atoms with Crippen LogP contribution in [0.1, 0.15) is 20.3 Å². The van der Waals surface area contributed by atoms with Crippen molar-refractivity contribution in [3.63, 3.8) is 0 Å². The second-order valence-electron chi connectivity index (χ2n) is 11.7. The Morgan fingerprint density at radius 2 is 1.83 bits per heavy atom. The Bertz CT molecular complexity index is 1380. The number of carbonyl (C=O) groups excluding carboxylic acids is 3. The maximum atomic E-state index is 14.8. The van der Waals surface area contributed by atoms with Crippen molar-refractivity contribution in [2.75, 3.05) is 31.6 Å². The lowest BCUT2D eigenvalue weighted by atomic mass is 9.70. The van der Waals surface area contributed by atoms with E-state index in [1.165, 1.54) is 4.90 Å². The van der Waals surface area contributed by atoms with Gasteiger partial charge in [-0.25, -0.2) is 0 Å². The molecule has 1 spiro atoms. The number of likely N-dealkylation sites (N-methyl/N-ethyl adjacent to an activating group) is 1. The van der Waals surface area contributed by atoms with Gasteiger partial charge in [-0.1, -0.05) is 72.3 Å². The maximum Gasteiger partial charge on any atom is 0.253 e. The standard InChI is InChI=1S/C32H38BrN3O5/c1-6-14-34(5)29(38)25-26-30(39)36(24(18-37)19(3)4)28(32(26)17-23(33)27(25)41-32)31(40)35(15-7-2)22-13-12-20-10-8-9-11-21(20)16-22/h6-13,16,19,23-28,37H,1-2,14-15,17-18H2,3-5H3/t23?,24-,25+,26-,27+,28?,32?/m0/s1. The number of aliphatic hydroxyl groups excluding tert-OH is 1. The van der Waals surface area contributed by atoms with Gasteiger partial charge in [-0.2, -0.15) is 0 Å². The van der Waals surface area contributed by atoms with E-state index >= 15 is 0 Å². The monoisotopic (exact) mass is 623 g/mol. The fourth-order valence-electron chi connectivity index (χ4n) is 7.09. The van der Waals surface area contributed by atoms with Gasteiger partial charge in [0.1, 0.15) is 11.6 Å². The molecule has 1 N–H and O–H groups in total. The molecule has 218 valence electrons. The number of likely N-dealkylation sites (tertiary alicyclic amines) is 1. The minimum Gasteiger partial charge on any atom is -0.394 e. The molecule has 0 radical (unpaired) electrons. The highest BCUT2D eigenvalue weighted by atomic mass is 79.9. The Kier molecular flexibility index (Phi) is 8.16. The Balaban J connectivity index is 1.64. The number of halogens is 1. The van der Waals surface area contributed by atoms with Crippen molar-refractivity contribution in [2.24, 2.45) is 17.8 Å². The Hall–Kier alpha value is -3.01. The zero-order chi connectivity index (χ0) is 29.6. The van der Waals surface area contributed by atoms with Crippen LogP contribution in [0.5, 0.6) is 0 Å². The highest BCUT2D eigenvalue weighted by molar-refractivity contribution is 9.09. The first-order chi connectivity index (χ1) is 19.6. The number of fused-ring (bicyclic) bond motifs is 2. The second kappa shape index (κ2) is 11.3. The summed E-state index contributed by atoms with van der Waals surface area (Å²) in [5.74, 6) is -2.59. The predicted octanol–water partition coefficient (Wildman–Crippen LogP) is 3.77. The molecule has 3 aliphatic heterocycles. The smallest absolute Gasteiger partial charge is 0.253 e. The van der Waals surface area contributed by atoms with Gasteiger partial charge < -0.3 is 24.5 Å². The van der Waals surface area contributed by atoms with E-state index in [1.807, 2.05) is 56.3 Å². The average molecular weight is 625 g/mol. The van der Waals surface area contributed by atoms with Gasteiger partial charge in [-0.05, 0) is 35.2 Å². The van der Waals surface area contributed by atoms with Gasteiger partial charge in [0.2, 0.25) is 11.8 Å². The van der Waals surface area contributed by atoms with E-state index < -0.39 is 35.6 Å². The normalized spacial score (nSPS) is 29.1. The van der Waals surface area contributed by atoms with Crippen LogP contribution in [0.4, 0.5) is 5.69 Å². The summed E-state index contributed by atoms with van der Waals surface area (Å²) in [7, 11) is 1.68. The van der Waals surface area contributed by atoms with E-state index in [4.69, 9.17) is 4.74 Å². The van der Waals surface area contributed by atoms with Crippen LogP contribution in [-0.4, -0.2) is 88.0 Å². The first-order valence-corrected chi connectivity index (χ1v) is 15.0. The first-order valence-electron chi connectivity index (χ1n) is 14.1. The predicted molar refractivity (Wildman–Crippen MR) is 163 cm³/mol. The second-order valence-corrected chi connectivity index (χ2v) is 12.9. The van der Waals surface area contributed by atoms with E-state index in [2.05, 4.69) is 29.1 Å². The minimum atomic E-state index is -1.22. The number of rotatable bonds is 10. The third kappa shape index (κ3) is 4.62. The Morgan fingerprint density at radius 3 is 2.46 bits per heavy atom. The summed E-state index contributed by atoms with van der Waals surface area (Å²) in [6.07, 6.45) is 3.14. The number of amides is 3. The third-order valence-corrected chi connectivity index (χ3v) is 9.81. The van der Waals surface area contributed by atoms with Gasteiger partial charge in [-0.3, -0.25) is 14.4 Å². The summed E-state index contributed by atoms with van der Waals surface area (Å²) in [4.78, 5) is 47.5. The zero-order valence-electron chi connectivity index (χ0n) is 23.8. The van der Waals surface area contributed by atoms with Crippen molar-refractivity contribution in [3.05, 3.63) is 67.8 Å².